The number of hydrogen-bond donors (Lipinski definition) is 0. The van der Waals surface area contributed by atoms with E-state index in [1.54, 1.807) is 16.9 Å². The van der Waals surface area contributed by atoms with Crippen molar-refractivity contribution < 1.29 is 27.5 Å². The molecule has 4 heterocycles. The Labute approximate surface area is 171 Å². The Balaban J connectivity index is 1.45. The van der Waals surface area contributed by atoms with Crippen LogP contribution in [0.3, 0.4) is 0 Å². The fraction of sp³-hybridized carbons (Fsp3) is 0.550. The van der Waals surface area contributed by atoms with Crippen LogP contribution in [-0.2, 0) is 4.74 Å². The number of aromatic nitrogens is 2. The van der Waals surface area contributed by atoms with E-state index in [9.17, 15) is 22.8 Å². The summed E-state index contributed by atoms with van der Waals surface area (Å²) in [5.41, 5.74) is 0.858. The molecule has 2 aliphatic heterocycles. The Bertz CT molecular complexity index is 950. The van der Waals surface area contributed by atoms with E-state index in [0.717, 1.165) is 25.3 Å². The van der Waals surface area contributed by atoms with Crippen molar-refractivity contribution in [3.8, 4) is 0 Å². The summed E-state index contributed by atoms with van der Waals surface area (Å²) in [6.45, 7) is 1.93. The maximum atomic E-state index is 13.3. The number of hydrogen-bond acceptors (Lipinski definition) is 4. The number of nitrogens with zero attached hydrogens (tertiary/aromatic N) is 4. The Hall–Kier alpha value is -2.78. The molecule has 0 aliphatic carbocycles. The van der Waals surface area contributed by atoms with Gasteiger partial charge in [0.25, 0.3) is 5.91 Å². The Morgan fingerprint density at radius 2 is 1.90 bits per heavy atom. The minimum Gasteiger partial charge on any atom is -0.437 e. The van der Waals surface area contributed by atoms with Crippen molar-refractivity contribution in [1.29, 1.82) is 0 Å². The van der Waals surface area contributed by atoms with E-state index in [1.165, 1.54) is 4.90 Å². The molecule has 2 amide bonds. The van der Waals surface area contributed by atoms with Crippen molar-refractivity contribution in [2.75, 3.05) is 19.6 Å². The molecular weight excluding hydrogens is 401 g/mol. The third kappa shape index (κ3) is 3.59. The van der Waals surface area contributed by atoms with Crippen LogP contribution in [0.1, 0.15) is 43.0 Å². The predicted molar refractivity (Wildman–Crippen MR) is 101 cm³/mol. The standard InChI is InChI=1S/C20H23F3N4O3/c1-14(20(21,22)23)30-18(29)25-11-7-19(8-12-25)6-4-9-26(19)17(28)15-13-24-27-10-3-2-5-16(15)27/h2-3,5,10,13-14H,4,6-9,11-12H2,1H3. The van der Waals surface area contributed by atoms with E-state index in [2.05, 4.69) is 9.84 Å². The number of alkyl halides is 3. The summed E-state index contributed by atoms with van der Waals surface area (Å²) in [6.07, 6.45) is -1.70. The number of ether oxygens (including phenoxy) is 1. The quantitative estimate of drug-likeness (QED) is 0.740. The van der Waals surface area contributed by atoms with E-state index in [0.29, 0.717) is 24.9 Å². The van der Waals surface area contributed by atoms with Crippen LogP contribution in [0.5, 0.6) is 0 Å². The number of likely N-dealkylation sites (tertiary alicyclic amines) is 2. The lowest BCUT2D eigenvalue weighted by Gasteiger charge is -2.44. The summed E-state index contributed by atoms with van der Waals surface area (Å²) in [5.74, 6) is -0.101. The second kappa shape index (κ2) is 7.48. The molecule has 1 unspecified atom stereocenters. The average Bonchev–Trinajstić information content (AvgIpc) is 3.32. The molecule has 0 aromatic carbocycles. The molecular formula is C20H23F3N4O3. The number of carbonyl (C=O) groups is 2. The number of amides is 2. The number of carbonyl (C=O) groups excluding carboxylic acids is 2. The lowest BCUT2D eigenvalue weighted by atomic mass is 9.84. The highest BCUT2D eigenvalue weighted by Crippen LogP contribution is 2.40. The molecule has 162 valence electrons. The zero-order valence-electron chi connectivity index (χ0n) is 16.6. The first-order chi connectivity index (χ1) is 14.2. The molecule has 4 rings (SSSR count). The maximum Gasteiger partial charge on any atom is 0.425 e. The van der Waals surface area contributed by atoms with E-state index in [1.807, 2.05) is 23.1 Å². The summed E-state index contributed by atoms with van der Waals surface area (Å²) < 4.78 is 44.2. The fourth-order valence-corrected chi connectivity index (χ4v) is 4.42. The lowest BCUT2D eigenvalue weighted by Crippen LogP contribution is -2.55. The first-order valence-corrected chi connectivity index (χ1v) is 9.98. The molecule has 0 radical (unpaired) electrons. The second-order valence-electron chi connectivity index (χ2n) is 7.93. The predicted octanol–water partition coefficient (Wildman–Crippen LogP) is 3.49. The number of halogens is 3. The fourth-order valence-electron chi connectivity index (χ4n) is 4.42. The molecule has 10 heteroatoms. The van der Waals surface area contributed by atoms with E-state index >= 15 is 0 Å². The monoisotopic (exact) mass is 424 g/mol. The minimum absolute atomic E-state index is 0.101. The van der Waals surface area contributed by atoms with Gasteiger partial charge >= 0.3 is 12.3 Å². The highest BCUT2D eigenvalue weighted by Gasteiger charge is 2.47. The van der Waals surface area contributed by atoms with Crippen LogP contribution >= 0.6 is 0 Å². The van der Waals surface area contributed by atoms with Gasteiger partial charge in [-0.3, -0.25) is 4.79 Å². The van der Waals surface area contributed by atoms with Crippen LogP contribution in [0, 0.1) is 0 Å². The molecule has 0 N–H and O–H groups in total. The van der Waals surface area contributed by atoms with Crippen LogP contribution in [0.4, 0.5) is 18.0 Å². The first kappa shape index (κ1) is 20.5. The summed E-state index contributed by atoms with van der Waals surface area (Å²) in [6, 6.07) is 5.52. The number of pyridine rings is 1. The molecule has 2 aromatic rings. The van der Waals surface area contributed by atoms with Crippen LogP contribution in [0.15, 0.2) is 30.6 Å². The van der Waals surface area contributed by atoms with Crippen LogP contribution in [0.2, 0.25) is 0 Å². The number of rotatable bonds is 2. The van der Waals surface area contributed by atoms with Crippen molar-refractivity contribution in [3.63, 3.8) is 0 Å². The third-order valence-electron chi connectivity index (χ3n) is 6.19. The van der Waals surface area contributed by atoms with Gasteiger partial charge in [-0.2, -0.15) is 18.3 Å². The van der Waals surface area contributed by atoms with Gasteiger partial charge in [-0.1, -0.05) is 6.07 Å². The summed E-state index contributed by atoms with van der Waals surface area (Å²) in [5, 5.41) is 4.24. The molecule has 7 nitrogen and oxygen atoms in total. The highest BCUT2D eigenvalue weighted by molar-refractivity contribution is 6.01. The Morgan fingerprint density at radius 1 is 1.17 bits per heavy atom. The highest BCUT2D eigenvalue weighted by atomic mass is 19.4. The van der Waals surface area contributed by atoms with Crippen molar-refractivity contribution in [2.24, 2.45) is 0 Å². The van der Waals surface area contributed by atoms with Gasteiger partial charge in [-0.25, -0.2) is 9.31 Å². The van der Waals surface area contributed by atoms with Gasteiger partial charge in [0.15, 0.2) is 6.10 Å². The van der Waals surface area contributed by atoms with E-state index in [-0.39, 0.29) is 19.0 Å². The zero-order valence-corrected chi connectivity index (χ0v) is 16.6. The number of piperidine rings is 1. The molecule has 1 atom stereocenters. The van der Waals surface area contributed by atoms with Gasteiger partial charge in [-0.05, 0) is 44.7 Å². The summed E-state index contributed by atoms with van der Waals surface area (Å²) >= 11 is 0. The largest absolute Gasteiger partial charge is 0.437 e. The molecule has 1 spiro atoms. The van der Waals surface area contributed by atoms with Gasteiger partial charge in [0.1, 0.15) is 0 Å². The van der Waals surface area contributed by atoms with Gasteiger partial charge in [0, 0.05) is 31.4 Å². The topological polar surface area (TPSA) is 67.2 Å². The molecule has 2 aliphatic rings. The second-order valence-corrected chi connectivity index (χ2v) is 7.93. The van der Waals surface area contributed by atoms with Crippen molar-refractivity contribution in [3.05, 3.63) is 36.2 Å². The Morgan fingerprint density at radius 3 is 2.60 bits per heavy atom. The van der Waals surface area contributed by atoms with E-state index in [4.69, 9.17) is 0 Å². The molecule has 2 saturated heterocycles. The smallest absolute Gasteiger partial charge is 0.425 e. The maximum absolute atomic E-state index is 13.3. The van der Waals surface area contributed by atoms with Crippen molar-refractivity contribution in [1.82, 2.24) is 19.4 Å². The Kier molecular flexibility index (Phi) is 5.11. The van der Waals surface area contributed by atoms with Gasteiger partial charge in [-0.15, -0.1) is 0 Å². The van der Waals surface area contributed by atoms with Gasteiger partial charge < -0.3 is 14.5 Å². The van der Waals surface area contributed by atoms with Crippen molar-refractivity contribution in [2.45, 2.75) is 50.4 Å². The normalized spacial score (nSPS) is 20.0. The van der Waals surface area contributed by atoms with Crippen LogP contribution in [-0.4, -0.2) is 68.9 Å². The van der Waals surface area contributed by atoms with Crippen molar-refractivity contribution >= 4 is 17.5 Å². The zero-order chi connectivity index (χ0) is 21.5. The first-order valence-electron chi connectivity index (χ1n) is 9.98. The van der Waals surface area contributed by atoms with E-state index < -0.39 is 23.9 Å². The van der Waals surface area contributed by atoms with Crippen LogP contribution in [0.25, 0.3) is 5.52 Å². The minimum atomic E-state index is -4.59. The lowest BCUT2D eigenvalue weighted by molar-refractivity contribution is -0.200. The molecule has 0 saturated carbocycles. The molecule has 30 heavy (non-hydrogen) atoms. The molecule has 2 fully saturated rings. The molecule has 2 aromatic heterocycles. The third-order valence-corrected chi connectivity index (χ3v) is 6.19. The van der Waals surface area contributed by atoms with Gasteiger partial charge in [0.05, 0.1) is 17.3 Å². The summed E-state index contributed by atoms with van der Waals surface area (Å²) in [7, 11) is 0. The average molecular weight is 424 g/mol. The SMILES string of the molecule is CC(OC(=O)N1CCC2(CCCN2C(=O)c2cnn3ccccc23)CC1)C(F)(F)F. The van der Waals surface area contributed by atoms with Gasteiger partial charge in [0.2, 0.25) is 0 Å². The molecule has 0 bridgehead atoms. The number of fused-ring (bicyclic) bond motifs is 1. The summed E-state index contributed by atoms with van der Waals surface area (Å²) in [4.78, 5) is 28.6. The van der Waals surface area contributed by atoms with Crippen LogP contribution < -0.4 is 0 Å².